The second-order valence-electron chi connectivity index (χ2n) is 8.18. The third-order valence-corrected chi connectivity index (χ3v) is 5.92. The Hall–Kier alpha value is -0.120. The predicted molar refractivity (Wildman–Crippen MR) is 127 cm³/mol. The monoisotopic (exact) mass is 494 g/mol. The molecule has 27 heavy (non-hydrogen) atoms. The van der Waals surface area contributed by atoms with Gasteiger partial charge in [-0.2, -0.15) is 0 Å². The van der Waals surface area contributed by atoms with E-state index in [4.69, 9.17) is 0 Å². The minimum atomic E-state index is 0. The maximum atomic E-state index is 4.39. The van der Waals surface area contributed by atoms with Crippen LogP contribution in [0.5, 0.6) is 0 Å². The fourth-order valence-corrected chi connectivity index (χ4v) is 4.16. The third kappa shape index (κ3) is 9.28. The number of aliphatic imine (C=N–C) groups is 1. The molecule has 0 radical (unpaired) electrons. The highest BCUT2D eigenvalue weighted by Gasteiger charge is 2.20. The molecule has 0 aromatic rings. The van der Waals surface area contributed by atoms with Crippen molar-refractivity contribution in [1.82, 2.24) is 25.3 Å². The first-order valence-corrected chi connectivity index (χ1v) is 10.7. The van der Waals surface area contributed by atoms with E-state index >= 15 is 0 Å². The zero-order chi connectivity index (χ0) is 18.8. The molecule has 2 fully saturated rings. The molecule has 0 aromatic heterocycles. The maximum absolute atomic E-state index is 4.39. The summed E-state index contributed by atoms with van der Waals surface area (Å²) in [6.45, 7) is 14.9. The van der Waals surface area contributed by atoms with Gasteiger partial charge in [0.25, 0.3) is 0 Å². The molecule has 160 valence electrons. The van der Waals surface area contributed by atoms with Crippen LogP contribution in [0.25, 0.3) is 0 Å². The number of guanidine groups is 1. The molecular formula is C20H43IN6. The average molecular weight is 495 g/mol. The maximum Gasteiger partial charge on any atom is 0.191 e. The van der Waals surface area contributed by atoms with Crippen molar-refractivity contribution in [2.45, 2.75) is 45.6 Å². The van der Waals surface area contributed by atoms with E-state index in [-0.39, 0.29) is 24.0 Å². The Balaban J connectivity index is 0.00000364. The van der Waals surface area contributed by atoms with Gasteiger partial charge in [0.2, 0.25) is 0 Å². The standard InChI is InChI=1S/C20H42N6.HI/c1-5-19-8-6-7-10-26(19)11-9-22-20(21-3)23-16-18(2)17-25-14-12-24(4)13-15-25;/h18-19H,5-17H2,1-4H3,(H2,21,22,23);1H. The molecule has 0 saturated carbocycles. The summed E-state index contributed by atoms with van der Waals surface area (Å²) in [5.41, 5.74) is 0. The minimum Gasteiger partial charge on any atom is -0.356 e. The van der Waals surface area contributed by atoms with Gasteiger partial charge in [-0.1, -0.05) is 20.3 Å². The second kappa shape index (κ2) is 14.0. The number of hydrogen-bond acceptors (Lipinski definition) is 4. The van der Waals surface area contributed by atoms with Crippen LogP contribution in [0.4, 0.5) is 0 Å². The highest BCUT2D eigenvalue weighted by molar-refractivity contribution is 14.0. The molecule has 0 aliphatic carbocycles. The van der Waals surface area contributed by atoms with Gasteiger partial charge >= 0.3 is 0 Å². The van der Waals surface area contributed by atoms with Crippen LogP contribution >= 0.6 is 24.0 Å². The number of likely N-dealkylation sites (N-methyl/N-ethyl adjacent to an activating group) is 1. The summed E-state index contributed by atoms with van der Waals surface area (Å²) < 4.78 is 0. The SMILES string of the molecule is CCC1CCCCN1CCNC(=NC)NCC(C)CN1CCN(C)CC1.I. The van der Waals surface area contributed by atoms with Crippen molar-refractivity contribution < 1.29 is 0 Å². The molecule has 2 heterocycles. The highest BCUT2D eigenvalue weighted by atomic mass is 127. The average Bonchev–Trinajstić information content (AvgIpc) is 2.66. The molecule has 2 aliphatic heterocycles. The largest absolute Gasteiger partial charge is 0.356 e. The Morgan fingerprint density at radius 1 is 1.11 bits per heavy atom. The van der Waals surface area contributed by atoms with Crippen LogP contribution in [0.1, 0.15) is 39.5 Å². The van der Waals surface area contributed by atoms with Crippen LogP contribution in [0, 0.1) is 5.92 Å². The van der Waals surface area contributed by atoms with Gasteiger partial charge in [-0.3, -0.25) is 9.89 Å². The summed E-state index contributed by atoms with van der Waals surface area (Å²) in [6.07, 6.45) is 5.40. The molecule has 2 atom stereocenters. The molecule has 6 nitrogen and oxygen atoms in total. The molecular weight excluding hydrogens is 451 g/mol. The zero-order valence-electron chi connectivity index (χ0n) is 18.0. The summed E-state index contributed by atoms with van der Waals surface area (Å²) in [6, 6.07) is 0.782. The molecule has 0 bridgehead atoms. The van der Waals surface area contributed by atoms with E-state index in [0.29, 0.717) is 5.92 Å². The highest BCUT2D eigenvalue weighted by Crippen LogP contribution is 2.18. The van der Waals surface area contributed by atoms with Crippen molar-refractivity contribution in [3.63, 3.8) is 0 Å². The van der Waals surface area contributed by atoms with E-state index in [2.05, 4.69) is 51.2 Å². The van der Waals surface area contributed by atoms with Crippen molar-refractivity contribution in [1.29, 1.82) is 0 Å². The molecule has 2 rings (SSSR count). The molecule has 0 amide bonds. The summed E-state index contributed by atoms with van der Waals surface area (Å²) in [7, 11) is 4.08. The lowest BCUT2D eigenvalue weighted by molar-refractivity contribution is 0.139. The van der Waals surface area contributed by atoms with Crippen molar-refractivity contribution in [2.75, 3.05) is 73.0 Å². The number of hydrogen-bond donors (Lipinski definition) is 2. The Morgan fingerprint density at radius 3 is 2.52 bits per heavy atom. The Kier molecular flexibility index (Phi) is 12.9. The van der Waals surface area contributed by atoms with Gasteiger partial charge in [-0.25, -0.2) is 0 Å². The number of piperidine rings is 1. The Morgan fingerprint density at radius 2 is 1.85 bits per heavy atom. The normalized spacial score (nSPS) is 24.3. The van der Waals surface area contributed by atoms with E-state index in [1.54, 1.807) is 0 Å². The summed E-state index contributed by atoms with van der Waals surface area (Å²) in [4.78, 5) is 12.0. The first-order valence-electron chi connectivity index (χ1n) is 10.7. The first kappa shape index (κ1) is 24.9. The summed E-state index contributed by atoms with van der Waals surface area (Å²) >= 11 is 0. The predicted octanol–water partition coefficient (Wildman–Crippen LogP) is 1.92. The molecule has 2 N–H and O–H groups in total. The van der Waals surface area contributed by atoms with Crippen LogP contribution in [0.2, 0.25) is 0 Å². The number of piperazine rings is 1. The summed E-state index contributed by atoms with van der Waals surface area (Å²) in [5, 5.41) is 7.02. The summed E-state index contributed by atoms with van der Waals surface area (Å²) in [5.74, 6) is 1.57. The second-order valence-corrected chi connectivity index (χ2v) is 8.18. The molecule has 2 unspecified atom stereocenters. The molecule has 0 spiro atoms. The van der Waals surface area contributed by atoms with Gasteiger partial charge in [0.05, 0.1) is 0 Å². The van der Waals surface area contributed by atoms with Crippen molar-refractivity contribution in [2.24, 2.45) is 10.9 Å². The molecule has 2 aliphatic rings. The van der Waals surface area contributed by atoms with Gasteiger partial charge in [0.15, 0.2) is 5.96 Å². The van der Waals surface area contributed by atoms with Crippen LogP contribution in [0.3, 0.4) is 0 Å². The lowest BCUT2D eigenvalue weighted by Gasteiger charge is -2.35. The number of likely N-dealkylation sites (tertiary alicyclic amines) is 1. The quantitative estimate of drug-likeness (QED) is 0.307. The minimum absolute atomic E-state index is 0. The van der Waals surface area contributed by atoms with Crippen LogP contribution < -0.4 is 10.6 Å². The van der Waals surface area contributed by atoms with Gasteiger partial charge in [-0.15, -0.1) is 24.0 Å². The van der Waals surface area contributed by atoms with E-state index in [9.17, 15) is 0 Å². The molecule has 0 aromatic carbocycles. The van der Waals surface area contributed by atoms with Crippen molar-refractivity contribution in [3.05, 3.63) is 0 Å². The fourth-order valence-electron chi connectivity index (χ4n) is 4.16. The van der Waals surface area contributed by atoms with Gasteiger partial charge in [0, 0.05) is 65.4 Å². The fraction of sp³-hybridized carbons (Fsp3) is 0.950. The lowest BCUT2D eigenvalue weighted by Crippen LogP contribution is -2.48. The van der Waals surface area contributed by atoms with E-state index in [1.807, 2.05) is 7.05 Å². The van der Waals surface area contributed by atoms with E-state index in [1.165, 1.54) is 65.0 Å². The van der Waals surface area contributed by atoms with Gasteiger partial charge in [-0.05, 0) is 38.8 Å². The number of nitrogens with zero attached hydrogens (tertiary/aromatic N) is 4. The van der Waals surface area contributed by atoms with Gasteiger partial charge in [0.1, 0.15) is 0 Å². The first-order chi connectivity index (χ1) is 12.6. The zero-order valence-corrected chi connectivity index (χ0v) is 20.4. The van der Waals surface area contributed by atoms with Crippen molar-refractivity contribution in [3.8, 4) is 0 Å². The third-order valence-electron chi connectivity index (χ3n) is 5.92. The lowest BCUT2D eigenvalue weighted by atomic mass is 10.0. The van der Waals surface area contributed by atoms with Crippen molar-refractivity contribution >= 4 is 29.9 Å². The Bertz CT molecular complexity index is 411. The van der Waals surface area contributed by atoms with Gasteiger partial charge < -0.3 is 20.4 Å². The van der Waals surface area contributed by atoms with Crippen LogP contribution in [0.15, 0.2) is 4.99 Å². The topological polar surface area (TPSA) is 46.1 Å². The molecule has 2 saturated heterocycles. The number of nitrogens with one attached hydrogen (secondary N) is 2. The van der Waals surface area contributed by atoms with Crippen LogP contribution in [-0.4, -0.2) is 99.7 Å². The molecule has 7 heteroatoms. The Labute approximate surface area is 184 Å². The van der Waals surface area contributed by atoms with Crippen LogP contribution in [-0.2, 0) is 0 Å². The number of rotatable bonds is 8. The number of halogens is 1. The smallest absolute Gasteiger partial charge is 0.191 e. The van der Waals surface area contributed by atoms with E-state index in [0.717, 1.165) is 31.6 Å². The van der Waals surface area contributed by atoms with E-state index < -0.39 is 0 Å².